The van der Waals surface area contributed by atoms with Gasteiger partial charge in [-0.1, -0.05) is 0 Å². The smallest absolute Gasteiger partial charge is 0.271 e. The Morgan fingerprint density at radius 3 is 2.50 bits per heavy atom. The molecule has 1 aromatic carbocycles. The molecule has 2 N–H and O–H groups in total. The van der Waals surface area contributed by atoms with Crippen molar-refractivity contribution in [1.82, 2.24) is 24.7 Å². The lowest BCUT2D eigenvalue weighted by Gasteiger charge is -2.14. The number of amides is 1. The molecule has 34 heavy (non-hydrogen) atoms. The number of imidazole rings is 1. The zero-order chi connectivity index (χ0) is 24.8. The van der Waals surface area contributed by atoms with Gasteiger partial charge >= 0.3 is 0 Å². The highest BCUT2D eigenvalue weighted by Crippen LogP contribution is 2.33. The number of aryl methyl sites for hydroxylation is 1. The van der Waals surface area contributed by atoms with E-state index in [0.717, 1.165) is 29.2 Å². The maximum atomic E-state index is 15.3. The Bertz CT molecular complexity index is 1570. The lowest BCUT2D eigenvalue weighted by atomic mass is 10.1. The number of anilines is 1. The summed E-state index contributed by atoms with van der Waals surface area (Å²) in [7, 11) is -3.21. The fourth-order valence-corrected chi connectivity index (χ4v) is 4.47. The zero-order valence-electron chi connectivity index (χ0n) is 17.4. The molecule has 0 bridgehead atoms. The van der Waals surface area contributed by atoms with Gasteiger partial charge in [0.25, 0.3) is 15.9 Å². The van der Waals surface area contributed by atoms with E-state index >= 15 is 8.78 Å². The van der Waals surface area contributed by atoms with Crippen LogP contribution in [0.3, 0.4) is 0 Å². The normalized spacial score (nSPS) is 11.6. The van der Waals surface area contributed by atoms with Crippen molar-refractivity contribution in [2.24, 2.45) is 0 Å². The highest BCUT2D eigenvalue weighted by Gasteiger charge is 2.26. The van der Waals surface area contributed by atoms with E-state index in [1.165, 1.54) is 14.0 Å². The van der Waals surface area contributed by atoms with Crippen LogP contribution in [0.4, 0.5) is 23.2 Å². The second-order valence-corrected chi connectivity index (χ2v) is 8.60. The third kappa shape index (κ3) is 3.81. The summed E-state index contributed by atoms with van der Waals surface area (Å²) < 4.78 is 86.5. The predicted molar refractivity (Wildman–Crippen MR) is 111 cm³/mol. The number of rotatable bonds is 5. The first-order valence-corrected chi connectivity index (χ1v) is 10.9. The first kappa shape index (κ1) is 23.1. The monoisotopic (exact) mass is 494 g/mol. The molecule has 0 radical (unpaired) electrons. The van der Waals surface area contributed by atoms with E-state index in [0.29, 0.717) is 12.1 Å². The molecular formula is C20H14F4N6O3S. The minimum Gasteiger partial charge on any atom is -0.354 e. The Labute approximate surface area is 189 Å². The number of sulfonamides is 1. The summed E-state index contributed by atoms with van der Waals surface area (Å²) in [4.78, 5) is 22.4. The SMILES string of the molecule is CNC(=O)c1ncn2c(F)c(-c3c(F)ccc(NS(=O)(=O)c4cc(F)cnc4C)c3F)ncc12. The lowest BCUT2D eigenvalue weighted by Crippen LogP contribution is -2.18. The molecule has 14 heteroatoms. The number of nitrogens with one attached hydrogen (secondary N) is 2. The maximum absolute atomic E-state index is 15.3. The number of benzene rings is 1. The predicted octanol–water partition coefficient (Wildman–Crippen LogP) is 2.82. The molecule has 0 saturated carbocycles. The fraction of sp³-hybridized carbons (Fsp3) is 0.100. The van der Waals surface area contributed by atoms with Gasteiger partial charge in [-0.25, -0.2) is 31.6 Å². The summed E-state index contributed by atoms with van der Waals surface area (Å²) in [5.74, 6) is -5.53. The summed E-state index contributed by atoms with van der Waals surface area (Å²) in [5, 5.41) is 2.32. The minimum atomic E-state index is -4.54. The average Bonchev–Trinajstić information content (AvgIpc) is 3.23. The molecule has 0 unspecified atom stereocenters. The number of hydrogen-bond acceptors (Lipinski definition) is 6. The molecule has 0 saturated heterocycles. The van der Waals surface area contributed by atoms with Crippen molar-refractivity contribution in [1.29, 1.82) is 0 Å². The van der Waals surface area contributed by atoms with Crippen LogP contribution >= 0.6 is 0 Å². The first-order valence-electron chi connectivity index (χ1n) is 9.42. The third-order valence-corrected chi connectivity index (χ3v) is 6.32. The molecule has 0 aliphatic rings. The van der Waals surface area contributed by atoms with Crippen LogP contribution in [-0.2, 0) is 10.0 Å². The topological polar surface area (TPSA) is 118 Å². The highest BCUT2D eigenvalue weighted by molar-refractivity contribution is 7.92. The highest BCUT2D eigenvalue weighted by atomic mass is 32.2. The first-order chi connectivity index (χ1) is 16.0. The number of carbonyl (C=O) groups excluding carboxylic acids is 1. The van der Waals surface area contributed by atoms with Gasteiger partial charge < -0.3 is 5.32 Å². The van der Waals surface area contributed by atoms with E-state index in [9.17, 15) is 22.0 Å². The standard InChI is InChI=1S/C20H14F4N6O3S/c1-9-14(5-10(21)6-26-9)34(32,33)29-12-4-3-11(22)15(16(12)23)18-19(24)30-8-28-17(20(31)25-2)13(30)7-27-18/h3-8,29H,1-2H3,(H,25,31). The molecule has 176 valence electrons. The second-order valence-electron chi connectivity index (χ2n) is 6.95. The van der Waals surface area contributed by atoms with Crippen molar-refractivity contribution in [2.75, 3.05) is 11.8 Å². The summed E-state index contributed by atoms with van der Waals surface area (Å²) in [6.07, 6.45) is 2.73. The lowest BCUT2D eigenvalue weighted by molar-refractivity contribution is 0.0960. The molecular weight excluding hydrogens is 480 g/mol. The summed E-state index contributed by atoms with van der Waals surface area (Å²) >= 11 is 0. The van der Waals surface area contributed by atoms with Crippen LogP contribution in [0, 0.1) is 30.3 Å². The van der Waals surface area contributed by atoms with E-state index < -0.39 is 61.2 Å². The van der Waals surface area contributed by atoms with Crippen LogP contribution < -0.4 is 10.0 Å². The van der Waals surface area contributed by atoms with Crippen molar-refractivity contribution in [3.8, 4) is 11.3 Å². The summed E-state index contributed by atoms with van der Waals surface area (Å²) in [5.41, 5.74) is -2.80. The van der Waals surface area contributed by atoms with Gasteiger partial charge in [-0.2, -0.15) is 4.39 Å². The van der Waals surface area contributed by atoms with Crippen LogP contribution in [0.5, 0.6) is 0 Å². The molecule has 1 amide bonds. The van der Waals surface area contributed by atoms with Crippen molar-refractivity contribution in [3.05, 3.63) is 71.7 Å². The number of carbonyl (C=O) groups is 1. The van der Waals surface area contributed by atoms with Crippen molar-refractivity contribution in [3.63, 3.8) is 0 Å². The van der Waals surface area contributed by atoms with Gasteiger partial charge in [0.1, 0.15) is 28.6 Å². The largest absolute Gasteiger partial charge is 0.354 e. The van der Waals surface area contributed by atoms with E-state index in [-0.39, 0.29) is 16.9 Å². The molecule has 4 aromatic rings. The van der Waals surface area contributed by atoms with Crippen LogP contribution in [-0.4, -0.2) is 40.7 Å². The number of fused-ring (bicyclic) bond motifs is 1. The van der Waals surface area contributed by atoms with Gasteiger partial charge in [-0.15, -0.1) is 0 Å². The van der Waals surface area contributed by atoms with Gasteiger partial charge in [-0.3, -0.25) is 18.9 Å². The van der Waals surface area contributed by atoms with E-state index in [2.05, 4.69) is 20.3 Å². The number of hydrogen-bond donors (Lipinski definition) is 2. The summed E-state index contributed by atoms with van der Waals surface area (Å²) in [6.45, 7) is 1.30. The molecule has 0 aliphatic carbocycles. The Kier molecular flexibility index (Phi) is 5.69. The van der Waals surface area contributed by atoms with Crippen molar-refractivity contribution in [2.45, 2.75) is 11.8 Å². The minimum absolute atomic E-state index is 0.0626. The third-order valence-electron chi connectivity index (χ3n) is 4.84. The summed E-state index contributed by atoms with van der Waals surface area (Å²) in [6, 6.07) is 2.18. The molecule has 4 rings (SSSR count). The molecule has 0 spiro atoms. The zero-order valence-corrected chi connectivity index (χ0v) is 18.2. The van der Waals surface area contributed by atoms with Crippen LogP contribution in [0.2, 0.25) is 0 Å². The average molecular weight is 494 g/mol. The van der Waals surface area contributed by atoms with Crippen molar-refractivity contribution < 1.29 is 30.8 Å². The quantitative estimate of drug-likeness (QED) is 0.412. The van der Waals surface area contributed by atoms with Gasteiger partial charge in [-0.05, 0) is 25.1 Å². The number of halogens is 4. The van der Waals surface area contributed by atoms with Crippen LogP contribution in [0.15, 0.2) is 41.8 Å². The van der Waals surface area contributed by atoms with Gasteiger partial charge in [0.05, 0.1) is 34.9 Å². The van der Waals surface area contributed by atoms with E-state index in [1.807, 2.05) is 4.72 Å². The Balaban J connectivity index is 1.83. The van der Waals surface area contributed by atoms with Crippen LogP contribution in [0.25, 0.3) is 16.8 Å². The Morgan fingerprint density at radius 1 is 1.06 bits per heavy atom. The maximum Gasteiger partial charge on any atom is 0.271 e. The van der Waals surface area contributed by atoms with Crippen LogP contribution in [0.1, 0.15) is 16.2 Å². The molecule has 0 atom stereocenters. The molecule has 0 aliphatic heterocycles. The Hall–Kier alpha value is -4.07. The number of nitrogens with zero attached hydrogens (tertiary/aromatic N) is 4. The molecule has 3 aromatic heterocycles. The number of aromatic nitrogens is 4. The van der Waals surface area contributed by atoms with Crippen molar-refractivity contribution >= 4 is 27.1 Å². The number of pyridine rings is 1. The molecule has 9 nitrogen and oxygen atoms in total. The molecule has 0 fully saturated rings. The fourth-order valence-electron chi connectivity index (χ4n) is 3.20. The Morgan fingerprint density at radius 2 is 1.79 bits per heavy atom. The van der Waals surface area contributed by atoms with E-state index in [1.54, 1.807) is 0 Å². The van der Waals surface area contributed by atoms with Gasteiger partial charge in [0.2, 0.25) is 5.95 Å². The van der Waals surface area contributed by atoms with Gasteiger partial charge in [0.15, 0.2) is 11.5 Å². The van der Waals surface area contributed by atoms with Gasteiger partial charge in [0, 0.05) is 7.05 Å². The van der Waals surface area contributed by atoms with E-state index in [4.69, 9.17) is 0 Å². The second kappa shape index (κ2) is 8.37. The molecule has 3 heterocycles.